The number of benzene rings is 2. The molecule has 0 aliphatic heterocycles. The fourth-order valence-electron chi connectivity index (χ4n) is 2.21. The number of phenols is 1. The molecule has 4 nitrogen and oxygen atoms in total. The minimum absolute atomic E-state index is 0.0907. The summed E-state index contributed by atoms with van der Waals surface area (Å²) in [6.07, 6.45) is 0. The van der Waals surface area contributed by atoms with Crippen LogP contribution in [-0.4, -0.2) is 10.9 Å². The Morgan fingerprint density at radius 1 is 1.00 bits per heavy atom. The van der Waals surface area contributed by atoms with Gasteiger partial charge in [0.15, 0.2) is 5.78 Å². The van der Waals surface area contributed by atoms with Gasteiger partial charge in [-0.25, -0.2) is 0 Å². The van der Waals surface area contributed by atoms with Gasteiger partial charge in [-0.1, -0.05) is 40.7 Å². The molecule has 24 heavy (non-hydrogen) atoms. The number of ketones is 1. The number of carbonyl (C=O) groups excluding carboxylic acids is 1. The first-order valence-corrected chi connectivity index (χ1v) is 8.08. The van der Waals surface area contributed by atoms with Crippen molar-refractivity contribution >= 4 is 17.2 Å². The first-order valence-electron chi connectivity index (χ1n) is 8.08. The highest BCUT2D eigenvalue weighted by atomic mass is 16.3. The van der Waals surface area contributed by atoms with Gasteiger partial charge in [-0.3, -0.25) is 4.79 Å². The van der Waals surface area contributed by atoms with E-state index in [9.17, 15) is 9.90 Å². The smallest absolute Gasteiger partial charge is 0.168 e. The quantitative estimate of drug-likeness (QED) is 0.540. The minimum atomic E-state index is -0.410. The van der Waals surface area contributed by atoms with E-state index in [1.807, 2.05) is 26.8 Å². The molecule has 2 aromatic rings. The number of phenolic OH excluding ortho intramolecular Hbond substituents is 1. The van der Waals surface area contributed by atoms with Gasteiger partial charge >= 0.3 is 0 Å². The standard InChI is InChI=1S/C20H24N2O2/c1-13(2)15-8-11-17(18(23)12-15)22-21-16-9-6-14(7-10-16)19(24)20(3,4)5/h6-13,23H,1-5H3. The number of hydrogen-bond acceptors (Lipinski definition) is 4. The molecule has 0 saturated carbocycles. The fourth-order valence-corrected chi connectivity index (χ4v) is 2.21. The molecule has 0 spiro atoms. The van der Waals surface area contributed by atoms with E-state index >= 15 is 0 Å². The van der Waals surface area contributed by atoms with Crippen LogP contribution in [0, 0.1) is 5.41 Å². The van der Waals surface area contributed by atoms with Crippen LogP contribution in [0.5, 0.6) is 5.75 Å². The average Bonchev–Trinajstić information content (AvgIpc) is 2.52. The summed E-state index contributed by atoms with van der Waals surface area (Å²) in [5.41, 5.74) is 2.36. The maximum Gasteiger partial charge on any atom is 0.168 e. The maximum absolute atomic E-state index is 12.2. The summed E-state index contributed by atoms with van der Waals surface area (Å²) < 4.78 is 0. The third kappa shape index (κ3) is 4.28. The first kappa shape index (κ1) is 17.9. The van der Waals surface area contributed by atoms with Crippen LogP contribution < -0.4 is 0 Å². The Hall–Kier alpha value is -2.49. The van der Waals surface area contributed by atoms with Crippen LogP contribution in [-0.2, 0) is 0 Å². The Kier molecular flexibility index (Phi) is 5.17. The molecule has 2 aromatic carbocycles. The van der Waals surface area contributed by atoms with Crippen LogP contribution in [0.15, 0.2) is 52.7 Å². The van der Waals surface area contributed by atoms with E-state index in [1.165, 1.54) is 0 Å². The summed E-state index contributed by atoms with van der Waals surface area (Å²) >= 11 is 0. The molecule has 0 fully saturated rings. The van der Waals surface area contributed by atoms with Gasteiger partial charge in [0.05, 0.1) is 5.69 Å². The monoisotopic (exact) mass is 324 g/mol. The van der Waals surface area contributed by atoms with Gasteiger partial charge in [-0.2, -0.15) is 5.11 Å². The third-order valence-corrected chi connectivity index (χ3v) is 3.75. The summed E-state index contributed by atoms with van der Waals surface area (Å²) in [5, 5.41) is 18.2. The second-order valence-corrected chi connectivity index (χ2v) is 7.23. The molecule has 0 amide bonds. The fraction of sp³-hybridized carbons (Fsp3) is 0.350. The van der Waals surface area contributed by atoms with Gasteiger partial charge < -0.3 is 5.11 Å². The lowest BCUT2D eigenvalue weighted by atomic mass is 9.86. The Balaban J connectivity index is 2.17. The van der Waals surface area contributed by atoms with Crippen molar-refractivity contribution in [2.75, 3.05) is 0 Å². The van der Waals surface area contributed by atoms with Crippen LogP contribution in [0.3, 0.4) is 0 Å². The Morgan fingerprint density at radius 2 is 1.62 bits per heavy atom. The largest absolute Gasteiger partial charge is 0.506 e. The average molecular weight is 324 g/mol. The topological polar surface area (TPSA) is 62.0 Å². The normalized spacial score (nSPS) is 12.1. The lowest BCUT2D eigenvalue weighted by Crippen LogP contribution is -2.19. The second kappa shape index (κ2) is 6.95. The highest BCUT2D eigenvalue weighted by Gasteiger charge is 2.22. The molecule has 0 unspecified atom stereocenters. The van der Waals surface area contributed by atoms with Crippen molar-refractivity contribution < 1.29 is 9.90 Å². The van der Waals surface area contributed by atoms with Gasteiger partial charge in [0.1, 0.15) is 11.4 Å². The molecule has 2 rings (SSSR count). The summed E-state index contributed by atoms with van der Waals surface area (Å²) in [6, 6.07) is 12.4. The number of aromatic hydroxyl groups is 1. The number of azo groups is 1. The van der Waals surface area contributed by atoms with Crippen LogP contribution >= 0.6 is 0 Å². The Bertz CT molecular complexity index is 754. The van der Waals surface area contributed by atoms with Crippen molar-refractivity contribution in [3.63, 3.8) is 0 Å². The molecule has 1 N–H and O–H groups in total. The third-order valence-electron chi connectivity index (χ3n) is 3.75. The van der Waals surface area contributed by atoms with E-state index in [-0.39, 0.29) is 11.5 Å². The number of Topliss-reactive ketones (excluding diaryl/α,β-unsaturated/α-hetero) is 1. The van der Waals surface area contributed by atoms with E-state index in [0.717, 1.165) is 5.56 Å². The molecular weight excluding hydrogens is 300 g/mol. The first-order chi connectivity index (χ1) is 11.2. The zero-order valence-corrected chi connectivity index (χ0v) is 14.9. The lowest BCUT2D eigenvalue weighted by molar-refractivity contribution is 0.0858. The van der Waals surface area contributed by atoms with E-state index in [4.69, 9.17) is 0 Å². The van der Waals surface area contributed by atoms with Gasteiger partial charge in [-0.05, 0) is 47.9 Å². The molecule has 0 aliphatic rings. The molecule has 0 radical (unpaired) electrons. The highest BCUT2D eigenvalue weighted by Crippen LogP contribution is 2.31. The highest BCUT2D eigenvalue weighted by molar-refractivity contribution is 5.99. The van der Waals surface area contributed by atoms with Crippen LogP contribution in [0.25, 0.3) is 0 Å². The number of rotatable bonds is 4. The molecule has 0 atom stereocenters. The van der Waals surface area contributed by atoms with Crippen molar-refractivity contribution in [1.29, 1.82) is 0 Å². The number of nitrogens with zero attached hydrogens (tertiary/aromatic N) is 2. The summed E-state index contributed by atoms with van der Waals surface area (Å²) in [7, 11) is 0. The van der Waals surface area contributed by atoms with E-state index in [0.29, 0.717) is 22.9 Å². The zero-order valence-electron chi connectivity index (χ0n) is 14.9. The minimum Gasteiger partial charge on any atom is -0.506 e. The molecule has 4 heteroatoms. The molecule has 0 aliphatic carbocycles. The Morgan fingerprint density at radius 3 is 2.12 bits per heavy atom. The maximum atomic E-state index is 12.2. The van der Waals surface area contributed by atoms with Crippen LogP contribution in [0.2, 0.25) is 0 Å². The van der Waals surface area contributed by atoms with E-state index in [1.54, 1.807) is 36.4 Å². The summed E-state index contributed by atoms with van der Waals surface area (Å²) in [6.45, 7) is 9.82. The van der Waals surface area contributed by atoms with Crippen LogP contribution in [0.1, 0.15) is 56.5 Å². The molecule has 0 saturated heterocycles. The summed E-state index contributed by atoms with van der Waals surface area (Å²) in [5.74, 6) is 0.548. The van der Waals surface area contributed by atoms with Gasteiger partial charge in [0, 0.05) is 11.0 Å². The molecule has 126 valence electrons. The Labute approximate surface area is 143 Å². The molecule has 0 heterocycles. The predicted molar refractivity (Wildman–Crippen MR) is 96.6 cm³/mol. The molecule has 0 aromatic heterocycles. The molecular formula is C20H24N2O2. The number of carbonyl (C=O) groups is 1. The summed E-state index contributed by atoms with van der Waals surface area (Å²) in [4.78, 5) is 12.2. The SMILES string of the molecule is CC(C)c1ccc(N=Nc2ccc(C(=O)C(C)(C)C)cc2)c(O)c1. The van der Waals surface area contributed by atoms with Crippen molar-refractivity contribution in [2.24, 2.45) is 15.6 Å². The van der Waals surface area contributed by atoms with Gasteiger partial charge in [0.2, 0.25) is 0 Å². The number of hydrogen-bond donors (Lipinski definition) is 1. The van der Waals surface area contributed by atoms with Crippen molar-refractivity contribution in [1.82, 2.24) is 0 Å². The predicted octanol–water partition coefficient (Wildman–Crippen LogP) is 6.16. The van der Waals surface area contributed by atoms with Crippen molar-refractivity contribution in [3.05, 3.63) is 53.6 Å². The zero-order chi connectivity index (χ0) is 17.9. The van der Waals surface area contributed by atoms with Gasteiger partial charge in [-0.15, -0.1) is 5.11 Å². The van der Waals surface area contributed by atoms with E-state index < -0.39 is 5.41 Å². The molecule has 0 bridgehead atoms. The van der Waals surface area contributed by atoms with Gasteiger partial charge in [0.25, 0.3) is 0 Å². The van der Waals surface area contributed by atoms with E-state index in [2.05, 4.69) is 24.1 Å². The lowest BCUT2D eigenvalue weighted by Gasteiger charge is -2.16. The van der Waals surface area contributed by atoms with Crippen molar-refractivity contribution in [3.8, 4) is 5.75 Å². The van der Waals surface area contributed by atoms with Crippen LogP contribution in [0.4, 0.5) is 11.4 Å². The second-order valence-electron chi connectivity index (χ2n) is 7.23. The van der Waals surface area contributed by atoms with Crippen molar-refractivity contribution in [2.45, 2.75) is 40.5 Å².